The molecule has 122 valence electrons. The number of amides is 1. The van der Waals surface area contributed by atoms with Crippen molar-refractivity contribution in [1.29, 1.82) is 0 Å². The summed E-state index contributed by atoms with van der Waals surface area (Å²) in [5.74, 6) is 0.0680. The van der Waals surface area contributed by atoms with Gasteiger partial charge in [-0.25, -0.2) is 0 Å². The Balaban J connectivity index is 1.94. The molecule has 1 amide bonds. The second-order valence-corrected chi connectivity index (χ2v) is 6.66. The van der Waals surface area contributed by atoms with Crippen LogP contribution in [0.1, 0.15) is 44.3 Å². The predicted molar refractivity (Wildman–Crippen MR) is 88.5 cm³/mol. The molecule has 1 aliphatic carbocycles. The normalized spacial score (nSPS) is 18.8. The number of nitrogens with one attached hydrogen (secondary N) is 1. The van der Waals surface area contributed by atoms with E-state index in [9.17, 15) is 9.90 Å². The molecular weight excluding hydrogens is 276 g/mol. The lowest BCUT2D eigenvalue weighted by Gasteiger charge is -2.27. The van der Waals surface area contributed by atoms with Crippen molar-refractivity contribution in [2.24, 2.45) is 5.41 Å². The molecule has 0 heterocycles. The fourth-order valence-corrected chi connectivity index (χ4v) is 2.97. The van der Waals surface area contributed by atoms with Crippen molar-refractivity contribution in [3.63, 3.8) is 0 Å². The van der Waals surface area contributed by atoms with Crippen molar-refractivity contribution >= 4 is 5.91 Å². The van der Waals surface area contributed by atoms with Crippen LogP contribution in [0.3, 0.4) is 0 Å². The van der Waals surface area contributed by atoms with Crippen molar-refractivity contribution in [2.45, 2.75) is 44.8 Å². The first-order valence-electron chi connectivity index (χ1n) is 8.17. The monoisotopic (exact) mass is 304 g/mol. The smallest absolute Gasteiger partial charge is 0.237 e. The average molecular weight is 304 g/mol. The number of benzene rings is 1. The molecular formula is C18H28N2O2. The molecule has 0 radical (unpaired) electrons. The van der Waals surface area contributed by atoms with Gasteiger partial charge in [0.2, 0.25) is 5.91 Å². The van der Waals surface area contributed by atoms with Crippen LogP contribution in [-0.2, 0) is 4.79 Å². The molecule has 0 aliphatic heterocycles. The highest BCUT2D eigenvalue weighted by Crippen LogP contribution is 2.54. The maximum Gasteiger partial charge on any atom is 0.237 e. The number of nitrogens with zero attached hydrogens (tertiary/aromatic N) is 1. The van der Waals surface area contributed by atoms with E-state index in [1.54, 1.807) is 0 Å². The lowest BCUT2D eigenvalue weighted by Crippen LogP contribution is -2.45. The van der Waals surface area contributed by atoms with Crippen LogP contribution in [0.2, 0.25) is 0 Å². The molecule has 22 heavy (non-hydrogen) atoms. The zero-order valence-corrected chi connectivity index (χ0v) is 13.9. The van der Waals surface area contributed by atoms with Crippen LogP contribution in [0.5, 0.6) is 0 Å². The van der Waals surface area contributed by atoms with Crippen LogP contribution in [0, 0.1) is 5.41 Å². The predicted octanol–water partition coefficient (Wildman–Crippen LogP) is 2.35. The minimum atomic E-state index is -0.502. The number of carbonyl (C=O) groups is 1. The number of carbonyl (C=O) groups excluding carboxylic acids is 1. The van der Waals surface area contributed by atoms with Crippen LogP contribution in [0.4, 0.5) is 0 Å². The van der Waals surface area contributed by atoms with E-state index in [0.29, 0.717) is 6.54 Å². The summed E-state index contributed by atoms with van der Waals surface area (Å²) in [6, 6.07) is 9.64. The molecule has 4 nitrogen and oxygen atoms in total. The second kappa shape index (κ2) is 7.25. The molecule has 1 saturated carbocycles. The number of aliphatic hydroxyl groups is 1. The third kappa shape index (κ3) is 3.87. The summed E-state index contributed by atoms with van der Waals surface area (Å²) in [7, 11) is 3.87. The fourth-order valence-electron chi connectivity index (χ4n) is 2.97. The molecule has 0 aromatic heterocycles. The van der Waals surface area contributed by atoms with Crippen molar-refractivity contribution in [1.82, 2.24) is 10.2 Å². The van der Waals surface area contributed by atoms with Gasteiger partial charge in [-0.3, -0.25) is 9.69 Å². The SMILES string of the molecule is CCCC(C(=O)NCC1(C(O)c2ccccc2)CC1)N(C)C. The number of aliphatic hydroxyl groups excluding tert-OH is 1. The van der Waals surface area contributed by atoms with Gasteiger partial charge in [0.1, 0.15) is 0 Å². The molecule has 1 aromatic carbocycles. The highest BCUT2D eigenvalue weighted by Gasteiger charge is 2.49. The summed E-state index contributed by atoms with van der Waals surface area (Å²) in [5.41, 5.74) is 0.757. The van der Waals surface area contributed by atoms with Crippen LogP contribution >= 0.6 is 0 Å². The Labute approximate surface area is 133 Å². The van der Waals surface area contributed by atoms with Crippen LogP contribution in [0.25, 0.3) is 0 Å². The zero-order valence-electron chi connectivity index (χ0n) is 13.9. The van der Waals surface area contributed by atoms with E-state index in [1.165, 1.54) is 0 Å². The highest BCUT2D eigenvalue weighted by molar-refractivity contribution is 5.81. The van der Waals surface area contributed by atoms with Crippen LogP contribution in [-0.4, -0.2) is 42.6 Å². The van der Waals surface area contributed by atoms with Gasteiger partial charge in [0.25, 0.3) is 0 Å². The summed E-state index contributed by atoms with van der Waals surface area (Å²) in [5, 5.41) is 13.7. The fraction of sp³-hybridized carbons (Fsp3) is 0.611. The first kappa shape index (κ1) is 17.0. The molecule has 1 aromatic rings. The quantitative estimate of drug-likeness (QED) is 0.775. The van der Waals surface area contributed by atoms with E-state index < -0.39 is 6.10 Å². The van der Waals surface area contributed by atoms with Crippen molar-refractivity contribution < 1.29 is 9.90 Å². The number of hydrogen-bond acceptors (Lipinski definition) is 3. The molecule has 0 spiro atoms. The Morgan fingerprint density at radius 2 is 1.95 bits per heavy atom. The van der Waals surface area contributed by atoms with Gasteiger partial charge >= 0.3 is 0 Å². The van der Waals surface area contributed by atoms with E-state index in [0.717, 1.165) is 31.2 Å². The third-order valence-electron chi connectivity index (χ3n) is 4.69. The molecule has 0 saturated heterocycles. The minimum Gasteiger partial charge on any atom is -0.388 e. The van der Waals surface area contributed by atoms with E-state index in [1.807, 2.05) is 49.3 Å². The van der Waals surface area contributed by atoms with Gasteiger partial charge in [-0.15, -0.1) is 0 Å². The second-order valence-electron chi connectivity index (χ2n) is 6.66. The summed E-state index contributed by atoms with van der Waals surface area (Å²) >= 11 is 0. The molecule has 0 bridgehead atoms. The van der Waals surface area contributed by atoms with Crippen LogP contribution < -0.4 is 5.32 Å². The lowest BCUT2D eigenvalue weighted by atomic mass is 9.92. The molecule has 1 fully saturated rings. The number of likely N-dealkylation sites (N-methyl/N-ethyl adjacent to an activating group) is 1. The standard InChI is InChI=1S/C18H28N2O2/c1-4-8-15(20(2)3)17(22)19-13-18(11-12-18)16(21)14-9-6-5-7-10-14/h5-7,9-10,15-16,21H,4,8,11-13H2,1-3H3,(H,19,22). The topological polar surface area (TPSA) is 52.6 Å². The van der Waals surface area contributed by atoms with Gasteiger partial charge in [0.15, 0.2) is 0 Å². The summed E-state index contributed by atoms with van der Waals surface area (Å²) in [4.78, 5) is 14.3. The maximum absolute atomic E-state index is 12.4. The Hall–Kier alpha value is -1.39. The largest absolute Gasteiger partial charge is 0.388 e. The summed E-state index contributed by atoms with van der Waals surface area (Å²) in [6.45, 7) is 2.64. The van der Waals surface area contributed by atoms with Gasteiger partial charge in [0.05, 0.1) is 12.1 Å². The molecule has 1 aliphatic rings. The van der Waals surface area contributed by atoms with Gasteiger partial charge in [0, 0.05) is 12.0 Å². The first-order valence-corrected chi connectivity index (χ1v) is 8.17. The number of rotatable bonds is 8. The van der Waals surface area contributed by atoms with Crippen molar-refractivity contribution in [3.05, 3.63) is 35.9 Å². The summed E-state index contributed by atoms with van der Waals surface area (Å²) < 4.78 is 0. The van der Waals surface area contributed by atoms with Gasteiger partial charge in [-0.2, -0.15) is 0 Å². The zero-order chi connectivity index (χ0) is 16.2. The third-order valence-corrected chi connectivity index (χ3v) is 4.69. The Morgan fingerprint density at radius 3 is 2.45 bits per heavy atom. The van der Waals surface area contributed by atoms with E-state index in [4.69, 9.17) is 0 Å². The van der Waals surface area contributed by atoms with Crippen molar-refractivity contribution in [2.75, 3.05) is 20.6 Å². The Morgan fingerprint density at radius 1 is 1.32 bits per heavy atom. The molecule has 2 unspecified atom stereocenters. The number of hydrogen-bond donors (Lipinski definition) is 2. The lowest BCUT2D eigenvalue weighted by molar-refractivity contribution is -0.126. The van der Waals surface area contributed by atoms with Gasteiger partial charge < -0.3 is 10.4 Å². The molecule has 2 rings (SSSR count). The molecule has 2 atom stereocenters. The van der Waals surface area contributed by atoms with E-state index >= 15 is 0 Å². The van der Waals surface area contributed by atoms with Crippen LogP contribution in [0.15, 0.2) is 30.3 Å². The molecule has 4 heteroatoms. The molecule has 2 N–H and O–H groups in total. The van der Waals surface area contributed by atoms with Gasteiger partial charge in [-0.05, 0) is 38.9 Å². The van der Waals surface area contributed by atoms with Gasteiger partial charge in [-0.1, -0.05) is 43.7 Å². The maximum atomic E-state index is 12.4. The van der Waals surface area contributed by atoms with Crippen molar-refractivity contribution in [3.8, 4) is 0 Å². The Bertz CT molecular complexity index is 483. The minimum absolute atomic E-state index is 0.0680. The van der Waals surface area contributed by atoms with E-state index in [-0.39, 0.29) is 17.4 Å². The van der Waals surface area contributed by atoms with E-state index in [2.05, 4.69) is 12.2 Å². The summed E-state index contributed by atoms with van der Waals surface area (Å²) in [6.07, 6.45) is 3.26. The Kier molecular flexibility index (Phi) is 5.59. The average Bonchev–Trinajstić information content (AvgIpc) is 3.31. The highest BCUT2D eigenvalue weighted by atomic mass is 16.3. The first-order chi connectivity index (χ1) is 10.5.